The fraction of sp³-hybridized carbons (Fsp3) is 0.357. The summed E-state index contributed by atoms with van der Waals surface area (Å²) in [6.07, 6.45) is 2.98. The van der Waals surface area contributed by atoms with Gasteiger partial charge in [0.1, 0.15) is 12.4 Å². The van der Waals surface area contributed by atoms with Crippen LogP contribution in [0.5, 0.6) is 5.75 Å². The van der Waals surface area contributed by atoms with E-state index >= 15 is 0 Å². The highest BCUT2D eigenvalue weighted by molar-refractivity contribution is 9.10. The van der Waals surface area contributed by atoms with Gasteiger partial charge in [0.05, 0.1) is 10.4 Å². The van der Waals surface area contributed by atoms with Crippen molar-refractivity contribution in [3.05, 3.63) is 44.8 Å². The monoisotopic (exact) mass is 340 g/mol. The van der Waals surface area contributed by atoms with Crippen LogP contribution in [-0.4, -0.2) is 11.5 Å². The molecular weight excluding hydrogens is 324 g/mol. The lowest BCUT2D eigenvalue weighted by Crippen LogP contribution is -2.14. The van der Waals surface area contributed by atoms with E-state index < -0.39 is 0 Å². The Bertz CT molecular complexity index is 502. The maximum Gasteiger partial charge on any atom is 0.124 e. The molecule has 0 aliphatic rings. The first-order chi connectivity index (χ1) is 9.29. The summed E-state index contributed by atoms with van der Waals surface area (Å²) in [5, 5.41) is 3.40. The van der Waals surface area contributed by atoms with E-state index in [1.807, 2.05) is 23.8 Å². The van der Waals surface area contributed by atoms with Gasteiger partial charge in [0.25, 0.3) is 0 Å². The van der Waals surface area contributed by atoms with E-state index in [2.05, 4.69) is 39.2 Å². The van der Waals surface area contributed by atoms with Gasteiger partial charge in [0.15, 0.2) is 0 Å². The lowest BCUT2D eigenvalue weighted by Gasteiger charge is -2.12. The van der Waals surface area contributed by atoms with Gasteiger partial charge in [-0.3, -0.25) is 4.98 Å². The van der Waals surface area contributed by atoms with Crippen LogP contribution in [0.3, 0.4) is 0 Å². The molecule has 0 saturated heterocycles. The summed E-state index contributed by atoms with van der Waals surface area (Å²) in [5.41, 5.74) is 3.00. The zero-order valence-electron chi connectivity index (χ0n) is 10.9. The second-order valence-corrected chi connectivity index (χ2v) is 6.07. The van der Waals surface area contributed by atoms with Crippen molar-refractivity contribution in [1.82, 2.24) is 10.3 Å². The van der Waals surface area contributed by atoms with Gasteiger partial charge in [-0.25, -0.2) is 0 Å². The van der Waals surface area contributed by atoms with Gasteiger partial charge in [0.2, 0.25) is 0 Å². The SMILES string of the molecule is CCCNCc1cc(Br)ccc1OCc1cncs1. The van der Waals surface area contributed by atoms with Crippen LogP contribution < -0.4 is 10.1 Å². The molecule has 0 spiro atoms. The van der Waals surface area contributed by atoms with E-state index in [0.717, 1.165) is 34.6 Å². The van der Waals surface area contributed by atoms with Crippen LogP contribution >= 0.6 is 27.3 Å². The minimum atomic E-state index is 0.576. The molecule has 0 fully saturated rings. The Balaban J connectivity index is 2.01. The molecule has 0 aliphatic heterocycles. The van der Waals surface area contributed by atoms with E-state index in [1.54, 1.807) is 11.3 Å². The molecule has 1 aromatic heterocycles. The Hall–Kier alpha value is -0.910. The summed E-state index contributed by atoms with van der Waals surface area (Å²) in [7, 11) is 0. The lowest BCUT2D eigenvalue weighted by atomic mass is 10.2. The molecule has 1 aromatic carbocycles. The molecule has 19 heavy (non-hydrogen) atoms. The van der Waals surface area contributed by atoms with Crippen molar-refractivity contribution in [3.63, 3.8) is 0 Å². The molecule has 1 N–H and O–H groups in total. The molecule has 1 heterocycles. The number of rotatable bonds is 7. The van der Waals surface area contributed by atoms with Crippen LogP contribution in [0.25, 0.3) is 0 Å². The van der Waals surface area contributed by atoms with Crippen molar-refractivity contribution >= 4 is 27.3 Å². The topological polar surface area (TPSA) is 34.1 Å². The van der Waals surface area contributed by atoms with E-state index in [-0.39, 0.29) is 0 Å². The first-order valence-corrected chi connectivity index (χ1v) is 7.96. The standard InChI is InChI=1S/C14H17BrN2OS/c1-2-5-16-7-11-6-12(15)3-4-14(11)18-9-13-8-17-10-19-13/h3-4,6,8,10,16H,2,5,7,9H2,1H3. The van der Waals surface area contributed by atoms with E-state index in [0.29, 0.717) is 6.61 Å². The second-order valence-electron chi connectivity index (χ2n) is 4.19. The Morgan fingerprint density at radius 2 is 2.32 bits per heavy atom. The molecule has 0 radical (unpaired) electrons. The van der Waals surface area contributed by atoms with Gasteiger partial charge in [-0.2, -0.15) is 0 Å². The molecule has 0 atom stereocenters. The zero-order chi connectivity index (χ0) is 13.5. The number of ether oxygens (including phenoxy) is 1. The van der Waals surface area contributed by atoms with Crippen molar-refractivity contribution in [3.8, 4) is 5.75 Å². The minimum Gasteiger partial charge on any atom is -0.488 e. The van der Waals surface area contributed by atoms with Crippen LogP contribution in [0.2, 0.25) is 0 Å². The van der Waals surface area contributed by atoms with Crippen LogP contribution in [0.1, 0.15) is 23.8 Å². The van der Waals surface area contributed by atoms with Gasteiger partial charge in [-0.05, 0) is 31.2 Å². The molecule has 2 aromatic rings. The van der Waals surface area contributed by atoms with Crippen LogP contribution in [0, 0.1) is 0 Å². The number of thiazole rings is 1. The van der Waals surface area contributed by atoms with Crippen molar-refractivity contribution in [2.75, 3.05) is 6.54 Å². The van der Waals surface area contributed by atoms with Gasteiger partial charge in [0, 0.05) is 22.8 Å². The third kappa shape index (κ3) is 4.60. The summed E-state index contributed by atoms with van der Waals surface area (Å²) in [6, 6.07) is 6.12. The maximum absolute atomic E-state index is 5.88. The average Bonchev–Trinajstić information content (AvgIpc) is 2.91. The van der Waals surface area contributed by atoms with Crippen LogP contribution in [0.4, 0.5) is 0 Å². The fourth-order valence-corrected chi connectivity index (χ4v) is 2.60. The summed E-state index contributed by atoms with van der Waals surface area (Å²) in [6.45, 7) is 4.58. The summed E-state index contributed by atoms with van der Waals surface area (Å²) in [5.74, 6) is 0.931. The largest absolute Gasteiger partial charge is 0.488 e. The fourth-order valence-electron chi connectivity index (χ4n) is 1.69. The quantitative estimate of drug-likeness (QED) is 0.774. The normalized spacial score (nSPS) is 10.6. The molecule has 3 nitrogen and oxygen atoms in total. The summed E-state index contributed by atoms with van der Waals surface area (Å²) >= 11 is 5.12. The maximum atomic E-state index is 5.88. The number of benzene rings is 1. The number of nitrogens with one attached hydrogen (secondary N) is 1. The first kappa shape index (κ1) is 14.5. The number of aromatic nitrogens is 1. The predicted octanol–water partition coefficient (Wildman–Crippen LogP) is 3.98. The van der Waals surface area contributed by atoms with Crippen LogP contribution in [0.15, 0.2) is 34.4 Å². The average molecular weight is 341 g/mol. The third-order valence-corrected chi connectivity index (χ3v) is 3.86. The Morgan fingerprint density at radius 3 is 3.05 bits per heavy atom. The Labute approximate surface area is 126 Å². The molecular formula is C14H17BrN2OS. The van der Waals surface area contributed by atoms with Crippen molar-refractivity contribution < 1.29 is 4.74 Å². The zero-order valence-corrected chi connectivity index (χ0v) is 13.3. The summed E-state index contributed by atoms with van der Waals surface area (Å²) < 4.78 is 6.95. The second kappa shape index (κ2) is 7.62. The predicted molar refractivity (Wildman–Crippen MR) is 82.6 cm³/mol. The number of halogens is 1. The molecule has 0 saturated carbocycles. The molecule has 0 aliphatic carbocycles. The molecule has 0 unspecified atom stereocenters. The van der Waals surface area contributed by atoms with Crippen molar-refractivity contribution in [1.29, 1.82) is 0 Å². The van der Waals surface area contributed by atoms with E-state index in [4.69, 9.17) is 4.74 Å². The molecule has 0 amide bonds. The van der Waals surface area contributed by atoms with Crippen molar-refractivity contribution in [2.45, 2.75) is 26.5 Å². The van der Waals surface area contributed by atoms with Gasteiger partial charge in [-0.1, -0.05) is 22.9 Å². The highest BCUT2D eigenvalue weighted by Crippen LogP contribution is 2.24. The molecule has 2 rings (SSSR count). The molecule has 102 valence electrons. The van der Waals surface area contributed by atoms with Gasteiger partial charge in [-0.15, -0.1) is 11.3 Å². The smallest absolute Gasteiger partial charge is 0.124 e. The highest BCUT2D eigenvalue weighted by Gasteiger charge is 2.05. The third-order valence-electron chi connectivity index (χ3n) is 2.62. The van der Waals surface area contributed by atoms with Gasteiger partial charge >= 0.3 is 0 Å². The van der Waals surface area contributed by atoms with Crippen molar-refractivity contribution in [2.24, 2.45) is 0 Å². The minimum absolute atomic E-state index is 0.576. The molecule has 0 bridgehead atoms. The number of hydrogen-bond donors (Lipinski definition) is 1. The van der Waals surface area contributed by atoms with E-state index in [1.165, 1.54) is 5.56 Å². The highest BCUT2D eigenvalue weighted by atomic mass is 79.9. The Morgan fingerprint density at radius 1 is 1.42 bits per heavy atom. The van der Waals surface area contributed by atoms with Gasteiger partial charge < -0.3 is 10.1 Å². The van der Waals surface area contributed by atoms with E-state index in [9.17, 15) is 0 Å². The summed E-state index contributed by atoms with van der Waals surface area (Å²) in [4.78, 5) is 5.18. The van der Waals surface area contributed by atoms with Crippen LogP contribution in [-0.2, 0) is 13.2 Å². The first-order valence-electron chi connectivity index (χ1n) is 6.29. The Kier molecular flexibility index (Phi) is 5.82. The number of hydrogen-bond acceptors (Lipinski definition) is 4. The molecule has 5 heteroatoms. The lowest BCUT2D eigenvalue weighted by molar-refractivity contribution is 0.305. The number of nitrogens with zero attached hydrogens (tertiary/aromatic N) is 1.